The Bertz CT molecular complexity index is 1590. The fourth-order valence-electron chi connectivity index (χ4n) is 4.94. The van der Waals surface area contributed by atoms with Crippen molar-refractivity contribution >= 4 is 34.2 Å². The van der Waals surface area contributed by atoms with E-state index in [0.29, 0.717) is 39.5 Å². The molecule has 2 N–H and O–H groups in total. The molecule has 5 aromatic rings. The van der Waals surface area contributed by atoms with Crippen LogP contribution in [0.4, 0.5) is 0 Å². The van der Waals surface area contributed by atoms with Crippen molar-refractivity contribution in [2.45, 2.75) is 32.1 Å². The number of aliphatic hydroxyl groups excluding tert-OH is 1. The van der Waals surface area contributed by atoms with Gasteiger partial charge in [0.05, 0.1) is 11.0 Å². The summed E-state index contributed by atoms with van der Waals surface area (Å²) in [5, 5.41) is 11.1. The Hall–Kier alpha value is -4.22. The predicted molar refractivity (Wildman–Crippen MR) is 154 cm³/mol. The molecule has 2 aromatic heterocycles. The Labute approximate surface area is 226 Å². The summed E-state index contributed by atoms with van der Waals surface area (Å²) in [5.74, 6) is 0.600. The molecule has 5 nitrogen and oxygen atoms in total. The van der Waals surface area contributed by atoms with E-state index < -0.39 is 0 Å². The Balaban J connectivity index is 1.55. The maximum Gasteiger partial charge on any atom is 0.163 e. The minimum absolute atomic E-state index is 0.00183. The summed E-state index contributed by atoms with van der Waals surface area (Å²) < 4.78 is 0. The van der Waals surface area contributed by atoms with Crippen LogP contribution >= 0.6 is 11.6 Å². The summed E-state index contributed by atoms with van der Waals surface area (Å²) >= 11 is 6.74. The first-order valence-electron chi connectivity index (χ1n) is 12.7. The summed E-state index contributed by atoms with van der Waals surface area (Å²) in [4.78, 5) is 25.8. The number of aromatic amines is 1. The van der Waals surface area contributed by atoms with Crippen LogP contribution in [0, 0.1) is 0 Å². The molecule has 1 unspecified atom stereocenters. The molecule has 190 valence electrons. The summed E-state index contributed by atoms with van der Waals surface area (Å²) in [5.41, 5.74) is 5.94. The van der Waals surface area contributed by atoms with E-state index >= 15 is 0 Å². The fraction of sp³-hybridized carbons (Fsp3) is 0.156. The molecule has 0 saturated carbocycles. The van der Waals surface area contributed by atoms with Gasteiger partial charge in [-0.05, 0) is 53.8 Å². The van der Waals surface area contributed by atoms with E-state index in [0.717, 1.165) is 35.0 Å². The molecule has 0 saturated heterocycles. The second kappa shape index (κ2) is 11.0. The van der Waals surface area contributed by atoms with Crippen LogP contribution in [0.1, 0.15) is 53.6 Å². The van der Waals surface area contributed by atoms with Crippen LogP contribution < -0.4 is 0 Å². The number of pyridine rings is 1. The summed E-state index contributed by atoms with van der Waals surface area (Å²) in [7, 11) is 0. The second-order valence-corrected chi connectivity index (χ2v) is 9.78. The van der Waals surface area contributed by atoms with Gasteiger partial charge in [-0.15, -0.1) is 0 Å². The first-order valence-corrected chi connectivity index (χ1v) is 13.0. The lowest BCUT2D eigenvalue weighted by Gasteiger charge is -2.17. The monoisotopic (exact) mass is 521 g/mol. The third kappa shape index (κ3) is 5.11. The lowest BCUT2D eigenvalue weighted by atomic mass is 9.87. The number of imidazole rings is 1. The topological polar surface area (TPSA) is 78.9 Å². The second-order valence-electron chi connectivity index (χ2n) is 9.37. The highest BCUT2D eigenvalue weighted by Crippen LogP contribution is 2.40. The van der Waals surface area contributed by atoms with Crippen molar-refractivity contribution < 1.29 is 9.90 Å². The number of aromatic nitrogens is 3. The Kier molecular flexibility index (Phi) is 7.38. The summed E-state index contributed by atoms with van der Waals surface area (Å²) in [6.45, 7) is 5.90. The number of nitrogens with one attached hydrogen (secondary N) is 1. The van der Waals surface area contributed by atoms with Crippen molar-refractivity contribution in [1.29, 1.82) is 0 Å². The lowest BCUT2D eigenvalue weighted by Crippen LogP contribution is -2.09. The van der Waals surface area contributed by atoms with Crippen molar-refractivity contribution in [2.24, 2.45) is 0 Å². The van der Waals surface area contributed by atoms with Gasteiger partial charge in [0.15, 0.2) is 5.78 Å². The highest BCUT2D eigenvalue weighted by molar-refractivity contribution is 6.34. The summed E-state index contributed by atoms with van der Waals surface area (Å²) in [6, 6.07) is 22.6. The molecule has 0 aliphatic carbocycles. The SMILES string of the molecule is C=C(O)c1cc(C(=O)CC(CCC)c2cccnc2)ccc1-c1c(Cl)cccc1-c1nc2ccccc2[nH]1. The fourth-order valence-corrected chi connectivity index (χ4v) is 5.22. The number of fused-ring (bicyclic) bond motifs is 1. The van der Waals surface area contributed by atoms with Crippen molar-refractivity contribution in [1.82, 2.24) is 15.0 Å². The van der Waals surface area contributed by atoms with Gasteiger partial charge in [-0.25, -0.2) is 4.98 Å². The van der Waals surface area contributed by atoms with Crippen LogP contribution in [-0.2, 0) is 0 Å². The molecule has 0 radical (unpaired) electrons. The van der Waals surface area contributed by atoms with Gasteiger partial charge in [-0.2, -0.15) is 0 Å². The first kappa shape index (κ1) is 25.4. The number of hydrogen-bond donors (Lipinski definition) is 2. The molecule has 0 spiro atoms. The molecular formula is C32H28ClN3O2. The number of carbonyl (C=O) groups is 1. The van der Waals surface area contributed by atoms with Gasteiger partial charge in [0.1, 0.15) is 11.6 Å². The third-order valence-corrected chi connectivity index (χ3v) is 7.12. The number of halogens is 1. The Morgan fingerprint density at radius 1 is 1.05 bits per heavy atom. The first-order chi connectivity index (χ1) is 18.5. The van der Waals surface area contributed by atoms with Gasteiger partial charge in [-0.3, -0.25) is 9.78 Å². The third-order valence-electron chi connectivity index (χ3n) is 6.80. The highest BCUT2D eigenvalue weighted by atomic mass is 35.5. The van der Waals surface area contributed by atoms with Gasteiger partial charge in [-0.1, -0.05) is 74.0 Å². The highest BCUT2D eigenvalue weighted by Gasteiger charge is 2.22. The zero-order chi connectivity index (χ0) is 26.6. The number of H-pyrrole nitrogens is 1. The normalized spacial score (nSPS) is 11.9. The van der Waals surface area contributed by atoms with E-state index in [-0.39, 0.29) is 17.5 Å². The summed E-state index contributed by atoms with van der Waals surface area (Å²) in [6.07, 6.45) is 5.76. The average molecular weight is 522 g/mol. The molecule has 6 heteroatoms. The number of hydrogen-bond acceptors (Lipinski definition) is 4. The number of aliphatic hydroxyl groups is 1. The number of benzene rings is 3. The molecule has 0 amide bonds. The van der Waals surface area contributed by atoms with Crippen LogP contribution in [-0.4, -0.2) is 25.8 Å². The van der Waals surface area contributed by atoms with Crippen LogP contribution in [0.5, 0.6) is 0 Å². The van der Waals surface area contributed by atoms with Gasteiger partial charge < -0.3 is 10.1 Å². The number of para-hydroxylation sites is 2. The largest absolute Gasteiger partial charge is 0.508 e. The van der Waals surface area contributed by atoms with Gasteiger partial charge >= 0.3 is 0 Å². The van der Waals surface area contributed by atoms with E-state index in [4.69, 9.17) is 16.6 Å². The van der Waals surface area contributed by atoms with E-state index in [1.807, 2.05) is 60.8 Å². The van der Waals surface area contributed by atoms with Crippen molar-refractivity contribution in [3.05, 3.63) is 113 Å². The molecule has 2 heterocycles. The maximum atomic E-state index is 13.4. The van der Waals surface area contributed by atoms with Crippen LogP contribution in [0.15, 0.2) is 91.8 Å². The van der Waals surface area contributed by atoms with Crippen molar-refractivity contribution in [2.75, 3.05) is 0 Å². The zero-order valence-corrected chi connectivity index (χ0v) is 21.9. The smallest absolute Gasteiger partial charge is 0.163 e. The Morgan fingerprint density at radius 2 is 1.89 bits per heavy atom. The van der Waals surface area contributed by atoms with Crippen molar-refractivity contribution in [3.8, 4) is 22.5 Å². The minimum Gasteiger partial charge on any atom is -0.508 e. The Morgan fingerprint density at radius 3 is 2.63 bits per heavy atom. The number of carbonyl (C=O) groups excluding carboxylic acids is 1. The molecule has 1 atom stereocenters. The van der Waals surface area contributed by atoms with Crippen molar-refractivity contribution in [3.63, 3.8) is 0 Å². The lowest BCUT2D eigenvalue weighted by molar-refractivity contribution is 0.0972. The molecule has 5 rings (SSSR count). The van der Waals surface area contributed by atoms with E-state index in [2.05, 4.69) is 23.5 Å². The van der Waals surface area contributed by atoms with E-state index in [9.17, 15) is 9.90 Å². The number of rotatable bonds is 9. The number of ketones is 1. The van der Waals surface area contributed by atoms with Gasteiger partial charge in [0.25, 0.3) is 0 Å². The number of Topliss-reactive ketones (excluding diaryl/α,β-unsaturated/α-hetero) is 1. The standard InChI is InChI=1S/C32H28ClN3O2/c1-3-8-21(23-9-7-16-34-19-23)18-30(38)22-14-15-24(26(17-22)20(2)37)31-25(10-6-11-27(31)33)32-35-28-12-4-5-13-29(28)36-32/h4-7,9-17,19,21,37H,2-3,8,18H2,1H3,(H,35,36). The van der Waals surface area contributed by atoms with Gasteiger partial charge in [0.2, 0.25) is 0 Å². The average Bonchev–Trinajstić information content (AvgIpc) is 3.37. The predicted octanol–water partition coefficient (Wildman–Crippen LogP) is 8.63. The van der Waals surface area contributed by atoms with Crippen LogP contribution in [0.3, 0.4) is 0 Å². The molecule has 0 bridgehead atoms. The van der Waals surface area contributed by atoms with Crippen LogP contribution in [0.2, 0.25) is 5.02 Å². The molecule has 3 aromatic carbocycles. The molecule has 0 aliphatic heterocycles. The van der Waals surface area contributed by atoms with E-state index in [1.54, 1.807) is 24.4 Å². The number of nitrogens with zero attached hydrogens (tertiary/aromatic N) is 2. The maximum absolute atomic E-state index is 13.4. The van der Waals surface area contributed by atoms with E-state index in [1.165, 1.54) is 0 Å². The molecule has 38 heavy (non-hydrogen) atoms. The molecule has 0 aliphatic rings. The molecular weight excluding hydrogens is 494 g/mol. The van der Waals surface area contributed by atoms with Gasteiger partial charge in [0, 0.05) is 46.1 Å². The molecule has 0 fully saturated rings. The minimum atomic E-state index is -0.137. The zero-order valence-electron chi connectivity index (χ0n) is 21.1. The van der Waals surface area contributed by atoms with Crippen LogP contribution in [0.25, 0.3) is 39.3 Å². The quantitative estimate of drug-likeness (QED) is 0.150.